The number of alkyl halides is 1. The number of hydrogen-bond donors (Lipinski definition) is 0. The number of hydrogen-bond acceptors (Lipinski definition) is 3. The van der Waals surface area contributed by atoms with E-state index in [1.165, 1.54) is 5.56 Å². The Labute approximate surface area is 130 Å². The second kappa shape index (κ2) is 4.91. The minimum atomic E-state index is -0.726. The maximum absolute atomic E-state index is 13.0. The number of fused-ring (bicyclic) bond motifs is 1. The summed E-state index contributed by atoms with van der Waals surface area (Å²) in [4.78, 5) is 10.9. The molecule has 5 heteroatoms. The highest BCUT2D eigenvalue weighted by Gasteiger charge is 2.28. The molecule has 0 radical (unpaired) electrons. The van der Waals surface area contributed by atoms with Gasteiger partial charge in [-0.1, -0.05) is 22.0 Å². The number of nitrogens with zero attached hydrogens (tertiary/aromatic N) is 3. The molecular weight excluding hydrogens is 333 g/mol. The third kappa shape index (κ3) is 2.25. The fourth-order valence-electron chi connectivity index (χ4n) is 2.75. The molecule has 0 saturated carbocycles. The zero-order chi connectivity index (χ0) is 14.4. The van der Waals surface area contributed by atoms with Gasteiger partial charge in [-0.15, -0.1) is 0 Å². The maximum Gasteiger partial charge on any atom is 0.135 e. The van der Waals surface area contributed by atoms with Crippen LogP contribution in [-0.2, 0) is 6.54 Å². The Morgan fingerprint density at radius 3 is 2.86 bits per heavy atom. The van der Waals surface area contributed by atoms with Crippen LogP contribution in [0.25, 0.3) is 0 Å². The lowest BCUT2D eigenvalue weighted by Crippen LogP contribution is -2.48. The number of anilines is 1. The van der Waals surface area contributed by atoms with Crippen molar-refractivity contribution in [2.24, 2.45) is 4.99 Å². The van der Waals surface area contributed by atoms with Crippen LogP contribution >= 0.6 is 15.9 Å². The van der Waals surface area contributed by atoms with Crippen LogP contribution in [-0.4, -0.2) is 30.0 Å². The fraction of sp³-hybridized carbons (Fsp3) is 0.250. The number of rotatable bonds is 2. The predicted molar refractivity (Wildman–Crippen MR) is 84.8 cm³/mol. The first-order chi connectivity index (χ1) is 10.2. The molecule has 0 bridgehead atoms. The third-order valence-electron chi connectivity index (χ3n) is 3.91. The van der Waals surface area contributed by atoms with Gasteiger partial charge in [-0.05, 0) is 29.8 Å². The van der Waals surface area contributed by atoms with Crippen molar-refractivity contribution in [3.63, 3.8) is 0 Å². The summed E-state index contributed by atoms with van der Waals surface area (Å²) in [7, 11) is 0. The molecule has 0 N–H and O–H groups in total. The Morgan fingerprint density at radius 1 is 1.19 bits per heavy atom. The molecule has 0 unspecified atom stereocenters. The molecule has 1 saturated heterocycles. The van der Waals surface area contributed by atoms with Crippen LogP contribution in [0.4, 0.5) is 10.2 Å². The van der Waals surface area contributed by atoms with Crippen LogP contribution in [0.3, 0.4) is 0 Å². The van der Waals surface area contributed by atoms with Gasteiger partial charge in [0.25, 0.3) is 0 Å². The van der Waals surface area contributed by atoms with Gasteiger partial charge in [0.15, 0.2) is 0 Å². The quantitative estimate of drug-likeness (QED) is 0.834. The van der Waals surface area contributed by atoms with E-state index in [9.17, 15) is 4.39 Å². The van der Waals surface area contributed by atoms with E-state index in [4.69, 9.17) is 0 Å². The normalized spacial score (nSPS) is 17.4. The number of aromatic nitrogens is 1. The van der Waals surface area contributed by atoms with Crippen molar-refractivity contribution >= 4 is 27.5 Å². The fourth-order valence-corrected chi connectivity index (χ4v) is 3.11. The van der Waals surface area contributed by atoms with Crippen molar-refractivity contribution in [1.82, 2.24) is 4.98 Å². The molecule has 0 spiro atoms. The minimum absolute atomic E-state index is 0.436. The van der Waals surface area contributed by atoms with Gasteiger partial charge >= 0.3 is 0 Å². The summed E-state index contributed by atoms with van der Waals surface area (Å²) in [5, 5.41) is 0. The lowest BCUT2D eigenvalue weighted by atomic mass is 10.0. The maximum atomic E-state index is 13.0. The molecular formula is C16H13BrFN3. The summed E-state index contributed by atoms with van der Waals surface area (Å²) in [6.45, 7) is 1.59. The van der Waals surface area contributed by atoms with Crippen LogP contribution in [0.1, 0.15) is 16.7 Å². The molecule has 106 valence electrons. The minimum Gasteiger partial charge on any atom is -0.351 e. The monoisotopic (exact) mass is 345 g/mol. The summed E-state index contributed by atoms with van der Waals surface area (Å²) < 4.78 is 14.0. The zero-order valence-corrected chi connectivity index (χ0v) is 12.8. The smallest absolute Gasteiger partial charge is 0.135 e. The first-order valence-corrected chi connectivity index (χ1v) is 7.69. The van der Waals surface area contributed by atoms with Gasteiger partial charge in [-0.2, -0.15) is 0 Å². The van der Waals surface area contributed by atoms with E-state index in [2.05, 4.69) is 38.0 Å². The number of pyridine rings is 1. The summed E-state index contributed by atoms with van der Waals surface area (Å²) in [6.07, 6.45) is 1.05. The molecule has 4 rings (SSSR count). The Morgan fingerprint density at radius 2 is 2.05 bits per heavy atom. The Hall–Kier alpha value is -1.75. The first kappa shape index (κ1) is 13.0. The molecule has 0 aliphatic carbocycles. The molecule has 21 heavy (non-hydrogen) atoms. The number of aliphatic imine (C=N–C) groups is 1. The van der Waals surface area contributed by atoms with E-state index < -0.39 is 6.17 Å². The van der Waals surface area contributed by atoms with Crippen molar-refractivity contribution < 1.29 is 4.39 Å². The van der Waals surface area contributed by atoms with Gasteiger partial charge in [0, 0.05) is 21.8 Å². The Bertz CT molecular complexity index is 738. The van der Waals surface area contributed by atoms with Crippen molar-refractivity contribution in [2.75, 3.05) is 18.0 Å². The summed E-state index contributed by atoms with van der Waals surface area (Å²) in [5.74, 6) is 0.826. The van der Waals surface area contributed by atoms with Crippen molar-refractivity contribution in [3.8, 4) is 0 Å². The zero-order valence-electron chi connectivity index (χ0n) is 11.3. The first-order valence-electron chi connectivity index (χ1n) is 6.89. The van der Waals surface area contributed by atoms with Crippen LogP contribution in [0.15, 0.2) is 46.0 Å². The summed E-state index contributed by atoms with van der Waals surface area (Å²) in [6, 6.07) is 10.2. The van der Waals surface area contributed by atoms with Crippen molar-refractivity contribution in [1.29, 1.82) is 0 Å². The molecule has 3 nitrogen and oxygen atoms in total. The van der Waals surface area contributed by atoms with Gasteiger partial charge < -0.3 is 4.90 Å². The van der Waals surface area contributed by atoms with Gasteiger partial charge in [-0.25, -0.2) is 9.37 Å². The molecule has 1 fully saturated rings. The number of benzene rings is 1. The SMILES string of the molecule is FC1CN(c2cc(C3=NCc4ccc(Br)cc43)ccn2)C1. The van der Waals surface area contributed by atoms with E-state index >= 15 is 0 Å². The van der Waals surface area contributed by atoms with E-state index in [1.54, 1.807) is 6.20 Å². The molecule has 2 aromatic rings. The van der Waals surface area contributed by atoms with Crippen LogP contribution in [0.5, 0.6) is 0 Å². The van der Waals surface area contributed by atoms with Gasteiger partial charge in [0.2, 0.25) is 0 Å². The summed E-state index contributed by atoms with van der Waals surface area (Å²) >= 11 is 3.51. The van der Waals surface area contributed by atoms with E-state index in [1.807, 2.05) is 23.1 Å². The third-order valence-corrected chi connectivity index (χ3v) is 4.41. The highest BCUT2D eigenvalue weighted by Crippen LogP contribution is 2.28. The topological polar surface area (TPSA) is 28.5 Å². The van der Waals surface area contributed by atoms with Gasteiger partial charge in [-0.3, -0.25) is 4.99 Å². The Balaban J connectivity index is 1.69. The van der Waals surface area contributed by atoms with Gasteiger partial charge in [0.1, 0.15) is 12.0 Å². The second-order valence-corrected chi connectivity index (χ2v) is 6.29. The number of halogens is 2. The lowest BCUT2D eigenvalue weighted by molar-refractivity contribution is 0.273. The highest BCUT2D eigenvalue weighted by atomic mass is 79.9. The lowest BCUT2D eigenvalue weighted by Gasteiger charge is -2.35. The van der Waals surface area contributed by atoms with Crippen molar-refractivity contribution in [2.45, 2.75) is 12.7 Å². The predicted octanol–water partition coefficient (Wildman–Crippen LogP) is 3.35. The average molecular weight is 346 g/mol. The Kier molecular flexibility index (Phi) is 3.03. The van der Waals surface area contributed by atoms with Crippen LogP contribution < -0.4 is 4.90 Å². The molecule has 2 aliphatic heterocycles. The van der Waals surface area contributed by atoms with E-state index in [0.29, 0.717) is 19.6 Å². The van der Waals surface area contributed by atoms with Crippen molar-refractivity contribution in [3.05, 3.63) is 57.7 Å². The molecule has 0 atom stereocenters. The standard InChI is InChI=1S/C16H13BrFN3/c17-12-2-1-11-7-20-16(14(11)6-12)10-3-4-19-15(5-10)21-8-13(18)9-21/h1-6,13H,7-9H2. The van der Waals surface area contributed by atoms with Crippen LogP contribution in [0.2, 0.25) is 0 Å². The molecule has 3 heterocycles. The molecule has 1 aromatic heterocycles. The highest BCUT2D eigenvalue weighted by molar-refractivity contribution is 9.10. The summed E-state index contributed by atoms with van der Waals surface area (Å²) in [5.41, 5.74) is 4.43. The molecule has 2 aliphatic rings. The molecule has 1 aromatic carbocycles. The molecule has 0 amide bonds. The average Bonchev–Trinajstić information content (AvgIpc) is 2.87. The van der Waals surface area contributed by atoms with E-state index in [0.717, 1.165) is 27.1 Å². The van der Waals surface area contributed by atoms with E-state index in [-0.39, 0.29) is 0 Å². The second-order valence-electron chi connectivity index (χ2n) is 5.37. The van der Waals surface area contributed by atoms with Gasteiger partial charge in [0.05, 0.1) is 25.3 Å². The largest absolute Gasteiger partial charge is 0.351 e. The van der Waals surface area contributed by atoms with Crippen LogP contribution in [0, 0.1) is 0 Å².